The molecule has 2 aromatic rings. The van der Waals surface area contributed by atoms with Gasteiger partial charge in [0, 0.05) is 6.04 Å². The molecule has 96 valence electrons. The summed E-state index contributed by atoms with van der Waals surface area (Å²) in [6.45, 7) is 0.878. The molecule has 0 spiro atoms. The van der Waals surface area contributed by atoms with E-state index >= 15 is 0 Å². The highest BCUT2D eigenvalue weighted by atomic mass is 16.5. The first-order valence-corrected chi connectivity index (χ1v) is 5.72. The summed E-state index contributed by atoms with van der Waals surface area (Å²) >= 11 is 0. The second-order valence-corrected chi connectivity index (χ2v) is 4.76. The van der Waals surface area contributed by atoms with E-state index < -0.39 is 11.2 Å². The van der Waals surface area contributed by atoms with Crippen LogP contribution in [0.4, 0.5) is 0 Å². The normalized spacial score (nSPS) is 19.7. The van der Waals surface area contributed by atoms with Crippen LogP contribution in [-0.2, 0) is 4.74 Å². The van der Waals surface area contributed by atoms with E-state index in [1.54, 1.807) is 18.2 Å². The van der Waals surface area contributed by atoms with Crippen LogP contribution in [0.3, 0.4) is 0 Å². The van der Waals surface area contributed by atoms with Gasteiger partial charge in [-0.15, -0.1) is 0 Å². The highest BCUT2D eigenvalue weighted by Crippen LogP contribution is 2.38. The molecule has 6 nitrogen and oxygen atoms in total. The minimum atomic E-state index is -0.487. The number of oxazole rings is 1. The third kappa shape index (κ3) is 1.58. The first-order chi connectivity index (χ1) is 8.64. The van der Waals surface area contributed by atoms with Crippen LogP contribution in [0.5, 0.6) is 0 Å². The molecule has 1 aromatic carbocycles. The van der Waals surface area contributed by atoms with E-state index in [4.69, 9.17) is 14.9 Å². The molecule has 4 N–H and O–H groups in total. The highest BCUT2D eigenvalue weighted by Gasteiger charge is 2.44. The molecule has 0 radical (unpaired) electrons. The molecule has 0 amide bonds. The number of benzene rings is 1. The number of aromatic nitrogens is 1. The maximum atomic E-state index is 11.1. The van der Waals surface area contributed by atoms with Crippen molar-refractivity contribution in [1.29, 1.82) is 0 Å². The topological polar surface area (TPSA) is 101 Å². The second-order valence-electron chi connectivity index (χ2n) is 4.76. The Labute approximate surface area is 102 Å². The number of fused-ring (bicyclic) bond motifs is 1. The molecule has 2 heterocycles. The summed E-state index contributed by atoms with van der Waals surface area (Å²) in [6, 6.07) is 4.95. The Balaban J connectivity index is 2.00. The predicted molar refractivity (Wildman–Crippen MR) is 64.1 cm³/mol. The van der Waals surface area contributed by atoms with Gasteiger partial charge in [0.05, 0.1) is 30.8 Å². The molecule has 1 atom stereocenters. The van der Waals surface area contributed by atoms with Crippen molar-refractivity contribution in [3.8, 4) is 0 Å². The number of aliphatic hydroxyl groups excluding tert-OH is 1. The fourth-order valence-electron chi connectivity index (χ4n) is 2.25. The summed E-state index contributed by atoms with van der Waals surface area (Å²) in [5.74, 6) is -0.487. The summed E-state index contributed by atoms with van der Waals surface area (Å²) in [7, 11) is 0. The zero-order chi connectivity index (χ0) is 12.8. The van der Waals surface area contributed by atoms with Gasteiger partial charge in [-0.3, -0.25) is 4.98 Å². The SMILES string of the molecule is NC(c1ccc2oc(=O)[nH]c2c1)C1(CO)COC1. The average molecular weight is 250 g/mol. The molecule has 6 heteroatoms. The van der Waals surface area contributed by atoms with Crippen LogP contribution in [0.25, 0.3) is 11.1 Å². The van der Waals surface area contributed by atoms with Crippen molar-refractivity contribution in [2.24, 2.45) is 11.1 Å². The molecule has 1 unspecified atom stereocenters. The molecular weight excluding hydrogens is 236 g/mol. The fourth-order valence-corrected chi connectivity index (χ4v) is 2.25. The van der Waals surface area contributed by atoms with Gasteiger partial charge in [0.25, 0.3) is 0 Å². The minimum absolute atomic E-state index is 0.0197. The Hall–Kier alpha value is -1.63. The standard InChI is InChI=1S/C12H14N2O4/c13-10(12(4-15)5-17-6-12)7-1-2-9-8(3-7)14-11(16)18-9/h1-3,10,15H,4-6,13H2,(H,14,16). The highest BCUT2D eigenvalue weighted by molar-refractivity contribution is 5.73. The average Bonchev–Trinajstić information content (AvgIpc) is 2.67. The molecule has 1 aromatic heterocycles. The summed E-state index contributed by atoms with van der Waals surface area (Å²) in [5, 5.41) is 9.45. The number of rotatable bonds is 3. The molecule has 1 aliphatic heterocycles. The fraction of sp³-hybridized carbons (Fsp3) is 0.417. The summed E-state index contributed by atoms with van der Waals surface area (Å²) in [4.78, 5) is 13.7. The van der Waals surface area contributed by atoms with Crippen molar-refractivity contribution < 1.29 is 14.3 Å². The van der Waals surface area contributed by atoms with E-state index in [0.29, 0.717) is 24.3 Å². The monoisotopic (exact) mass is 250 g/mol. The van der Waals surface area contributed by atoms with Crippen LogP contribution >= 0.6 is 0 Å². The van der Waals surface area contributed by atoms with Crippen molar-refractivity contribution in [1.82, 2.24) is 4.98 Å². The number of hydrogen-bond donors (Lipinski definition) is 3. The van der Waals surface area contributed by atoms with Gasteiger partial charge in [-0.1, -0.05) is 6.07 Å². The maximum absolute atomic E-state index is 11.1. The van der Waals surface area contributed by atoms with E-state index in [0.717, 1.165) is 5.56 Å². The van der Waals surface area contributed by atoms with Crippen molar-refractivity contribution in [3.05, 3.63) is 34.3 Å². The van der Waals surface area contributed by atoms with Gasteiger partial charge in [-0.05, 0) is 17.7 Å². The van der Waals surface area contributed by atoms with E-state index in [1.807, 2.05) is 0 Å². The Bertz CT molecular complexity index is 621. The van der Waals surface area contributed by atoms with Crippen molar-refractivity contribution in [3.63, 3.8) is 0 Å². The molecule has 1 aliphatic rings. The van der Waals surface area contributed by atoms with Gasteiger partial charge in [-0.25, -0.2) is 4.79 Å². The third-order valence-corrected chi connectivity index (χ3v) is 3.56. The summed E-state index contributed by atoms with van der Waals surface area (Å²) in [5.41, 5.74) is 7.72. The Morgan fingerprint density at radius 1 is 1.50 bits per heavy atom. The van der Waals surface area contributed by atoms with Gasteiger partial charge in [0.1, 0.15) is 0 Å². The molecule has 3 rings (SSSR count). The lowest BCUT2D eigenvalue weighted by Gasteiger charge is -2.44. The lowest BCUT2D eigenvalue weighted by molar-refractivity contribution is -0.150. The maximum Gasteiger partial charge on any atom is 0.417 e. The van der Waals surface area contributed by atoms with E-state index in [9.17, 15) is 9.90 Å². The number of H-pyrrole nitrogens is 1. The number of aromatic amines is 1. The zero-order valence-corrected chi connectivity index (χ0v) is 9.68. The van der Waals surface area contributed by atoms with Crippen molar-refractivity contribution in [2.75, 3.05) is 19.8 Å². The van der Waals surface area contributed by atoms with Crippen molar-refractivity contribution >= 4 is 11.1 Å². The van der Waals surface area contributed by atoms with E-state index in [-0.39, 0.29) is 12.6 Å². The molecule has 18 heavy (non-hydrogen) atoms. The largest absolute Gasteiger partial charge is 0.417 e. The van der Waals surface area contributed by atoms with Crippen LogP contribution in [-0.4, -0.2) is 29.9 Å². The van der Waals surface area contributed by atoms with Crippen LogP contribution in [0, 0.1) is 5.41 Å². The number of hydrogen-bond acceptors (Lipinski definition) is 5. The first kappa shape index (κ1) is 11.5. The number of nitrogens with two attached hydrogens (primary N) is 1. The first-order valence-electron chi connectivity index (χ1n) is 5.72. The van der Waals surface area contributed by atoms with Crippen LogP contribution in [0.2, 0.25) is 0 Å². The zero-order valence-electron chi connectivity index (χ0n) is 9.68. The van der Waals surface area contributed by atoms with E-state index in [2.05, 4.69) is 4.98 Å². The van der Waals surface area contributed by atoms with Gasteiger partial charge in [0.2, 0.25) is 0 Å². The van der Waals surface area contributed by atoms with Crippen LogP contribution in [0.15, 0.2) is 27.4 Å². The Morgan fingerprint density at radius 3 is 2.89 bits per heavy atom. The Morgan fingerprint density at radius 2 is 2.28 bits per heavy atom. The number of aliphatic hydroxyl groups is 1. The van der Waals surface area contributed by atoms with Gasteiger partial charge in [-0.2, -0.15) is 0 Å². The smallest absolute Gasteiger partial charge is 0.408 e. The van der Waals surface area contributed by atoms with Crippen molar-refractivity contribution in [2.45, 2.75) is 6.04 Å². The molecule has 1 fully saturated rings. The summed E-state index contributed by atoms with van der Waals surface area (Å²) < 4.78 is 10.1. The molecular formula is C12H14N2O4. The van der Waals surface area contributed by atoms with Crippen LogP contribution < -0.4 is 11.5 Å². The van der Waals surface area contributed by atoms with Gasteiger partial charge >= 0.3 is 5.76 Å². The van der Waals surface area contributed by atoms with Gasteiger partial charge < -0.3 is 20.0 Å². The molecule has 0 aliphatic carbocycles. The quantitative estimate of drug-likeness (QED) is 0.718. The molecule has 0 bridgehead atoms. The van der Waals surface area contributed by atoms with E-state index in [1.165, 1.54) is 0 Å². The molecule has 1 saturated heterocycles. The second kappa shape index (κ2) is 3.94. The number of ether oxygens (including phenoxy) is 1. The minimum Gasteiger partial charge on any atom is -0.408 e. The van der Waals surface area contributed by atoms with Crippen LogP contribution in [0.1, 0.15) is 11.6 Å². The number of nitrogens with one attached hydrogen (secondary N) is 1. The Kier molecular flexibility index (Phi) is 2.51. The third-order valence-electron chi connectivity index (χ3n) is 3.56. The predicted octanol–water partition coefficient (Wildman–Crippen LogP) is 0.130. The lowest BCUT2D eigenvalue weighted by Crippen LogP contribution is -2.52. The van der Waals surface area contributed by atoms with Gasteiger partial charge in [0.15, 0.2) is 5.58 Å². The summed E-state index contributed by atoms with van der Waals surface area (Å²) in [6.07, 6.45) is 0. The molecule has 0 saturated carbocycles. The lowest BCUT2D eigenvalue weighted by atomic mass is 9.76.